The second-order valence-corrected chi connectivity index (χ2v) is 5.02. The van der Waals surface area contributed by atoms with Crippen molar-refractivity contribution >= 4 is 0 Å². The highest BCUT2D eigenvalue weighted by atomic mass is 19.1. The molecule has 0 amide bonds. The van der Waals surface area contributed by atoms with E-state index in [0.29, 0.717) is 5.56 Å². The fourth-order valence-electron chi connectivity index (χ4n) is 2.35. The smallest absolute Gasteiger partial charge is 0.128 e. The van der Waals surface area contributed by atoms with Gasteiger partial charge in [-0.05, 0) is 32.4 Å². The summed E-state index contributed by atoms with van der Waals surface area (Å²) in [6.07, 6.45) is 2.97. The Balaban J connectivity index is 3.03. The number of aryl methyl sites for hydroxylation is 1. The van der Waals surface area contributed by atoms with Gasteiger partial charge in [-0.1, -0.05) is 38.0 Å². The molecular formula is C16H26FNO. The van der Waals surface area contributed by atoms with Gasteiger partial charge in [-0.2, -0.15) is 0 Å². The lowest BCUT2D eigenvalue weighted by Crippen LogP contribution is -2.34. The highest BCUT2D eigenvalue weighted by molar-refractivity contribution is 5.27. The average molecular weight is 267 g/mol. The molecule has 0 fully saturated rings. The van der Waals surface area contributed by atoms with Crippen LogP contribution in [0.2, 0.25) is 0 Å². The van der Waals surface area contributed by atoms with Gasteiger partial charge in [0, 0.05) is 12.7 Å². The van der Waals surface area contributed by atoms with E-state index in [4.69, 9.17) is 4.74 Å². The summed E-state index contributed by atoms with van der Waals surface area (Å²) in [5.74, 6) is -0.155. The Morgan fingerprint density at radius 3 is 2.58 bits per heavy atom. The minimum Gasteiger partial charge on any atom is -0.379 e. The number of ether oxygens (including phenoxy) is 1. The molecule has 0 radical (unpaired) electrons. The molecule has 2 atom stereocenters. The molecule has 0 aliphatic heterocycles. The number of rotatable bonds is 8. The summed E-state index contributed by atoms with van der Waals surface area (Å²) in [6, 6.07) is 5.19. The third-order valence-corrected chi connectivity index (χ3v) is 3.35. The van der Waals surface area contributed by atoms with Gasteiger partial charge in [0.1, 0.15) is 5.82 Å². The molecule has 0 saturated heterocycles. The summed E-state index contributed by atoms with van der Waals surface area (Å²) in [5.41, 5.74) is 1.79. The molecule has 3 heteroatoms. The first-order valence-electron chi connectivity index (χ1n) is 7.16. The SMILES string of the molecule is CCCNC(c1cc(C)ccc1F)C(CCC)OC. The Bertz CT molecular complexity index is 381. The fourth-order valence-corrected chi connectivity index (χ4v) is 2.35. The molecule has 0 heterocycles. The first kappa shape index (κ1) is 16.1. The van der Waals surface area contributed by atoms with E-state index in [2.05, 4.69) is 19.2 Å². The van der Waals surface area contributed by atoms with Crippen molar-refractivity contribution in [1.82, 2.24) is 5.32 Å². The van der Waals surface area contributed by atoms with Gasteiger partial charge in [0.2, 0.25) is 0 Å². The van der Waals surface area contributed by atoms with Crippen LogP contribution < -0.4 is 5.32 Å². The number of benzene rings is 1. The van der Waals surface area contributed by atoms with Gasteiger partial charge in [0.25, 0.3) is 0 Å². The summed E-state index contributed by atoms with van der Waals surface area (Å²) in [7, 11) is 1.70. The lowest BCUT2D eigenvalue weighted by atomic mass is 9.96. The van der Waals surface area contributed by atoms with Gasteiger partial charge < -0.3 is 10.1 Å². The van der Waals surface area contributed by atoms with Crippen LogP contribution in [0.3, 0.4) is 0 Å². The molecule has 0 bridgehead atoms. The van der Waals surface area contributed by atoms with Crippen LogP contribution in [0, 0.1) is 12.7 Å². The highest BCUT2D eigenvalue weighted by Gasteiger charge is 2.24. The molecule has 0 aliphatic rings. The van der Waals surface area contributed by atoms with Crippen molar-refractivity contribution in [2.24, 2.45) is 0 Å². The van der Waals surface area contributed by atoms with Crippen LogP contribution in [0.4, 0.5) is 4.39 Å². The van der Waals surface area contributed by atoms with E-state index in [1.165, 1.54) is 0 Å². The number of halogens is 1. The van der Waals surface area contributed by atoms with Crippen molar-refractivity contribution < 1.29 is 9.13 Å². The van der Waals surface area contributed by atoms with Crippen LogP contribution in [0.1, 0.15) is 50.3 Å². The minimum atomic E-state index is -0.155. The van der Waals surface area contributed by atoms with Crippen LogP contribution in [-0.2, 0) is 4.74 Å². The fraction of sp³-hybridized carbons (Fsp3) is 0.625. The summed E-state index contributed by atoms with van der Waals surface area (Å²) < 4.78 is 19.7. The predicted octanol–water partition coefficient (Wildman–Crippen LogP) is 3.99. The monoisotopic (exact) mass is 267 g/mol. The number of hydrogen-bond acceptors (Lipinski definition) is 2. The molecule has 1 N–H and O–H groups in total. The first-order chi connectivity index (χ1) is 9.13. The zero-order valence-corrected chi connectivity index (χ0v) is 12.5. The normalized spacial score (nSPS) is 14.4. The maximum Gasteiger partial charge on any atom is 0.128 e. The standard InChI is InChI=1S/C16H26FNO/c1-5-7-15(19-4)16(18-10-6-2)13-11-12(3)8-9-14(13)17/h8-9,11,15-16,18H,5-7,10H2,1-4H3. The third kappa shape index (κ3) is 4.59. The molecule has 2 unspecified atom stereocenters. The lowest BCUT2D eigenvalue weighted by molar-refractivity contribution is 0.0594. The summed E-state index contributed by atoms with van der Waals surface area (Å²) >= 11 is 0. The maximum atomic E-state index is 14.1. The van der Waals surface area contributed by atoms with Crippen LogP contribution >= 0.6 is 0 Å². The molecule has 0 saturated carbocycles. The molecular weight excluding hydrogens is 241 g/mol. The number of methoxy groups -OCH3 is 1. The summed E-state index contributed by atoms with van der Waals surface area (Å²) in [6.45, 7) is 7.08. The van der Waals surface area contributed by atoms with Gasteiger partial charge in [0.05, 0.1) is 12.1 Å². The Labute approximate surface area is 116 Å². The molecule has 0 aliphatic carbocycles. The largest absolute Gasteiger partial charge is 0.379 e. The van der Waals surface area contributed by atoms with E-state index in [0.717, 1.165) is 31.4 Å². The highest BCUT2D eigenvalue weighted by Crippen LogP contribution is 2.25. The first-order valence-corrected chi connectivity index (χ1v) is 7.16. The van der Waals surface area contributed by atoms with E-state index in [-0.39, 0.29) is 18.0 Å². The van der Waals surface area contributed by atoms with Crippen LogP contribution in [-0.4, -0.2) is 19.8 Å². The zero-order valence-electron chi connectivity index (χ0n) is 12.5. The Hall–Kier alpha value is -0.930. The molecule has 2 nitrogen and oxygen atoms in total. The van der Waals surface area contributed by atoms with Crippen molar-refractivity contribution in [3.05, 3.63) is 35.1 Å². The summed E-state index contributed by atoms with van der Waals surface area (Å²) in [5, 5.41) is 3.42. The van der Waals surface area contributed by atoms with Crippen molar-refractivity contribution in [3.63, 3.8) is 0 Å². The maximum absolute atomic E-state index is 14.1. The zero-order chi connectivity index (χ0) is 14.3. The van der Waals surface area contributed by atoms with Gasteiger partial charge in [-0.15, -0.1) is 0 Å². The van der Waals surface area contributed by atoms with Gasteiger partial charge in [0.15, 0.2) is 0 Å². The van der Waals surface area contributed by atoms with E-state index in [9.17, 15) is 4.39 Å². The van der Waals surface area contributed by atoms with E-state index >= 15 is 0 Å². The second kappa shape index (κ2) is 8.28. The van der Waals surface area contributed by atoms with Crippen molar-refractivity contribution in [3.8, 4) is 0 Å². The molecule has 1 rings (SSSR count). The molecule has 0 spiro atoms. The molecule has 1 aromatic carbocycles. The molecule has 19 heavy (non-hydrogen) atoms. The van der Waals surface area contributed by atoms with Crippen LogP contribution in [0.15, 0.2) is 18.2 Å². The Morgan fingerprint density at radius 2 is 2.00 bits per heavy atom. The Morgan fingerprint density at radius 1 is 1.26 bits per heavy atom. The van der Waals surface area contributed by atoms with Gasteiger partial charge in [-0.25, -0.2) is 4.39 Å². The average Bonchev–Trinajstić information content (AvgIpc) is 2.41. The van der Waals surface area contributed by atoms with Gasteiger partial charge in [-0.3, -0.25) is 0 Å². The topological polar surface area (TPSA) is 21.3 Å². The minimum absolute atomic E-state index is 0.00727. The van der Waals surface area contributed by atoms with Gasteiger partial charge >= 0.3 is 0 Å². The van der Waals surface area contributed by atoms with Crippen LogP contribution in [0.5, 0.6) is 0 Å². The van der Waals surface area contributed by atoms with E-state index < -0.39 is 0 Å². The Kier molecular flexibility index (Phi) is 7.03. The van der Waals surface area contributed by atoms with E-state index in [1.807, 2.05) is 13.0 Å². The van der Waals surface area contributed by atoms with Crippen molar-refractivity contribution in [2.45, 2.75) is 52.2 Å². The number of hydrogen-bond donors (Lipinski definition) is 1. The molecule has 0 aromatic heterocycles. The molecule has 1 aromatic rings. The summed E-state index contributed by atoms with van der Waals surface area (Å²) in [4.78, 5) is 0. The lowest BCUT2D eigenvalue weighted by Gasteiger charge is -2.28. The second-order valence-electron chi connectivity index (χ2n) is 5.02. The van der Waals surface area contributed by atoms with Crippen molar-refractivity contribution in [2.75, 3.05) is 13.7 Å². The molecule has 108 valence electrons. The van der Waals surface area contributed by atoms with Crippen molar-refractivity contribution in [1.29, 1.82) is 0 Å². The number of nitrogens with one attached hydrogen (secondary N) is 1. The van der Waals surface area contributed by atoms with Crippen LogP contribution in [0.25, 0.3) is 0 Å². The predicted molar refractivity (Wildman–Crippen MR) is 77.9 cm³/mol. The van der Waals surface area contributed by atoms with E-state index in [1.54, 1.807) is 19.2 Å². The quantitative estimate of drug-likeness (QED) is 0.769. The third-order valence-electron chi connectivity index (χ3n) is 3.35.